The van der Waals surface area contributed by atoms with Gasteiger partial charge in [0.15, 0.2) is 10.3 Å². The monoisotopic (exact) mass is 868 g/mol. The maximum atomic E-state index is 12.3. The normalized spacial score (nSPS) is 15.5. The zero-order valence-corrected chi connectivity index (χ0v) is 35.4. The molecule has 6 aromatic rings. The van der Waals surface area contributed by atoms with Gasteiger partial charge >= 0.3 is 0 Å². The van der Waals surface area contributed by atoms with Gasteiger partial charge in [-0.2, -0.15) is 0 Å². The summed E-state index contributed by atoms with van der Waals surface area (Å²) in [4.78, 5) is 54.2. The van der Waals surface area contributed by atoms with Crippen LogP contribution in [0.3, 0.4) is 0 Å². The van der Waals surface area contributed by atoms with Crippen molar-refractivity contribution in [3.05, 3.63) is 122 Å². The summed E-state index contributed by atoms with van der Waals surface area (Å²) in [7, 11) is 3.26. The number of amides is 2. The molecular weight excluding hydrogens is 829 g/mol. The molecule has 0 saturated carbocycles. The van der Waals surface area contributed by atoms with E-state index in [0.29, 0.717) is 60.9 Å². The molecule has 4 aromatic heterocycles. The van der Waals surface area contributed by atoms with Gasteiger partial charge in [-0.15, -0.1) is 22.7 Å². The Morgan fingerprint density at radius 2 is 1.29 bits per heavy atom. The summed E-state index contributed by atoms with van der Waals surface area (Å²) in [6.45, 7) is 3.21. The Labute approximate surface area is 357 Å². The number of aldehydes is 1. The quantitative estimate of drug-likeness (QED) is 0.0629. The van der Waals surface area contributed by atoms with Crippen LogP contribution >= 0.6 is 46.2 Å². The number of hydrogen-bond acceptors (Lipinski definition) is 15. The van der Waals surface area contributed by atoms with Gasteiger partial charge < -0.3 is 29.6 Å². The van der Waals surface area contributed by atoms with Gasteiger partial charge in [0.25, 0.3) is 5.91 Å². The number of ether oxygens (including phenoxy) is 4. The van der Waals surface area contributed by atoms with Gasteiger partial charge in [0.1, 0.15) is 31.0 Å². The van der Waals surface area contributed by atoms with E-state index >= 15 is 0 Å². The van der Waals surface area contributed by atoms with Crippen LogP contribution in [0.1, 0.15) is 25.7 Å². The Hall–Kier alpha value is -5.43. The van der Waals surface area contributed by atoms with Crippen LogP contribution in [0.2, 0.25) is 0 Å². The Morgan fingerprint density at radius 1 is 0.712 bits per heavy atom. The first kappa shape index (κ1) is 43.2. The number of aromatic nitrogens is 2. The molecule has 8 rings (SSSR count). The number of aliphatic imine (C=N–C) groups is 2. The Bertz CT molecular complexity index is 2440. The number of methoxy groups -OCH3 is 2. The second kappa shape index (κ2) is 22.6. The minimum absolute atomic E-state index is 0.0509. The maximum Gasteiger partial charge on any atom is 0.264 e. The lowest BCUT2D eigenvalue weighted by molar-refractivity contribution is -0.117. The Kier molecular flexibility index (Phi) is 16.6. The first-order valence-electron chi connectivity index (χ1n) is 18.2. The molecular formula is C42H40N6O7S4. The summed E-state index contributed by atoms with van der Waals surface area (Å²) in [5.74, 6) is 1.88. The molecule has 2 fully saturated rings. The third-order valence-corrected chi connectivity index (χ3v) is 11.7. The van der Waals surface area contributed by atoms with Gasteiger partial charge in [0, 0.05) is 52.7 Å². The smallest absolute Gasteiger partial charge is 0.264 e. The van der Waals surface area contributed by atoms with Crippen molar-refractivity contribution in [1.82, 2.24) is 20.6 Å². The predicted octanol–water partition coefficient (Wildman–Crippen LogP) is 7.62. The molecule has 2 saturated heterocycles. The largest absolute Gasteiger partial charge is 0.490 e. The summed E-state index contributed by atoms with van der Waals surface area (Å²) < 4.78 is 21.3. The number of nitrogens with one attached hydrogen (secondary N) is 2. The third kappa shape index (κ3) is 13.0. The van der Waals surface area contributed by atoms with Gasteiger partial charge in [-0.3, -0.25) is 34.3 Å². The SMILES string of the molecule is COCCOc1ccnc2ccc(/C=C3\SC(=NCc4cccs4)NC3=O)cc12.COCCOc1ccnc2ccc(C=O)cc12.O=C1CSC(=NCc2cccs2)N1. The van der Waals surface area contributed by atoms with Crippen LogP contribution in [0.4, 0.5) is 0 Å². The molecule has 6 heterocycles. The van der Waals surface area contributed by atoms with Crippen LogP contribution in [0.25, 0.3) is 27.9 Å². The summed E-state index contributed by atoms with van der Waals surface area (Å²) in [6.07, 6.45) is 6.08. The number of nitrogens with zero attached hydrogens (tertiary/aromatic N) is 4. The lowest BCUT2D eigenvalue weighted by Crippen LogP contribution is -2.20. The van der Waals surface area contributed by atoms with E-state index in [1.54, 1.807) is 67.5 Å². The number of thiophene rings is 2. The Morgan fingerprint density at radius 3 is 1.81 bits per heavy atom. The Balaban J connectivity index is 0.000000165. The van der Waals surface area contributed by atoms with Gasteiger partial charge in [-0.05, 0) is 88.8 Å². The zero-order valence-electron chi connectivity index (χ0n) is 32.1. The van der Waals surface area contributed by atoms with Gasteiger partial charge in [0.2, 0.25) is 5.91 Å². The number of pyridine rings is 2. The highest BCUT2D eigenvalue weighted by atomic mass is 32.2. The van der Waals surface area contributed by atoms with Crippen molar-refractivity contribution in [2.24, 2.45) is 9.98 Å². The highest BCUT2D eigenvalue weighted by molar-refractivity contribution is 8.18. The van der Waals surface area contributed by atoms with Crippen LogP contribution in [-0.2, 0) is 32.2 Å². The van der Waals surface area contributed by atoms with Crippen LogP contribution in [0.15, 0.2) is 111 Å². The molecule has 0 aliphatic carbocycles. The minimum atomic E-state index is -0.136. The molecule has 304 valence electrons. The minimum Gasteiger partial charge on any atom is -0.490 e. The number of benzene rings is 2. The van der Waals surface area contributed by atoms with E-state index in [2.05, 4.69) is 30.6 Å². The fourth-order valence-corrected chi connectivity index (χ4v) is 8.09. The standard InChI is InChI=1S/C21H19N3O3S2.C13H13NO3.C8H8N2OS2/c1-26-8-9-27-18-6-7-22-17-5-4-14(11-16(17)18)12-19-20(25)24-21(29-19)23-13-15-3-2-10-28-15;1-16-6-7-17-13-4-5-14-12-3-2-10(9-15)8-11(12)13;11-7-5-13-8(10-7)9-4-6-2-1-3-12-6/h2-7,10-12H,8-9,13H2,1H3,(H,23,24,25);2-5,8-9H,6-7H2,1H3;1-3H,4-5H2,(H,9,10,11)/b19-12-;;. The maximum absolute atomic E-state index is 12.3. The summed E-state index contributed by atoms with van der Waals surface area (Å²) in [5.41, 5.74) is 3.16. The van der Waals surface area contributed by atoms with Gasteiger partial charge in [-0.1, -0.05) is 30.0 Å². The van der Waals surface area contributed by atoms with Crippen LogP contribution in [0.5, 0.6) is 11.5 Å². The fourth-order valence-electron chi connectivity index (χ4n) is 5.33. The molecule has 0 unspecified atom stereocenters. The van der Waals surface area contributed by atoms with Crippen molar-refractivity contribution in [2.45, 2.75) is 13.1 Å². The van der Waals surface area contributed by atoms with E-state index in [0.717, 1.165) is 55.2 Å². The number of carbonyl (C=O) groups is 3. The number of hydrogen-bond donors (Lipinski definition) is 2. The van der Waals surface area contributed by atoms with Crippen molar-refractivity contribution in [1.29, 1.82) is 0 Å². The van der Waals surface area contributed by atoms with Crippen LogP contribution < -0.4 is 20.1 Å². The average molecular weight is 869 g/mol. The molecule has 59 heavy (non-hydrogen) atoms. The van der Waals surface area contributed by atoms with Crippen molar-refractivity contribution in [3.63, 3.8) is 0 Å². The number of thioether (sulfide) groups is 2. The second-order valence-electron chi connectivity index (χ2n) is 12.3. The topological polar surface area (TPSA) is 163 Å². The first-order valence-corrected chi connectivity index (χ1v) is 21.7. The molecule has 2 N–H and O–H groups in total. The third-order valence-electron chi connectivity index (χ3n) is 8.13. The highest BCUT2D eigenvalue weighted by Crippen LogP contribution is 2.30. The van der Waals surface area contributed by atoms with Crippen molar-refractivity contribution in [2.75, 3.05) is 46.4 Å². The summed E-state index contributed by atoms with van der Waals surface area (Å²) in [6, 6.07) is 22.8. The fraction of sp³-hybridized carbons (Fsp3) is 0.214. The molecule has 0 radical (unpaired) electrons. The van der Waals surface area contributed by atoms with Crippen LogP contribution in [0, 0.1) is 0 Å². The number of fused-ring (bicyclic) bond motifs is 2. The first-order chi connectivity index (χ1) is 28.9. The van der Waals surface area contributed by atoms with E-state index in [1.165, 1.54) is 28.4 Å². The second-order valence-corrected chi connectivity index (χ2v) is 16.3. The summed E-state index contributed by atoms with van der Waals surface area (Å²) >= 11 is 6.15. The van der Waals surface area contributed by atoms with Gasteiger partial charge in [-0.25, -0.2) is 0 Å². The van der Waals surface area contributed by atoms with Crippen LogP contribution in [-0.4, -0.2) is 84.8 Å². The van der Waals surface area contributed by atoms with Crippen molar-refractivity contribution < 1.29 is 33.3 Å². The molecule has 17 heteroatoms. The average Bonchev–Trinajstić information content (AvgIpc) is 4.11. The van der Waals surface area contributed by atoms with E-state index < -0.39 is 0 Å². The predicted molar refractivity (Wildman–Crippen MR) is 239 cm³/mol. The molecule has 2 aliphatic rings. The van der Waals surface area contributed by atoms with Crippen molar-refractivity contribution in [3.8, 4) is 11.5 Å². The van der Waals surface area contributed by atoms with E-state index in [4.69, 9.17) is 18.9 Å². The van der Waals surface area contributed by atoms with E-state index in [1.807, 2.05) is 71.4 Å². The highest BCUT2D eigenvalue weighted by Gasteiger charge is 2.23. The van der Waals surface area contributed by atoms with Gasteiger partial charge in [0.05, 0.1) is 48.0 Å². The number of amidine groups is 2. The molecule has 2 amide bonds. The lowest BCUT2D eigenvalue weighted by Gasteiger charge is -2.09. The molecule has 2 aliphatic heterocycles. The lowest BCUT2D eigenvalue weighted by atomic mass is 10.1. The number of rotatable bonds is 14. The number of carbonyl (C=O) groups excluding carboxylic acids is 3. The summed E-state index contributed by atoms with van der Waals surface area (Å²) in [5, 5.41) is 12.7. The van der Waals surface area contributed by atoms with E-state index in [9.17, 15) is 14.4 Å². The molecule has 0 bridgehead atoms. The van der Waals surface area contributed by atoms with E-state index in [-0.39, 0.29) is 11.8 Å². The van der Waals surface area contributed by atoms with Crippen molar-refractivity contribution >= 4 is 103 Å². The molecule has 13 nitrogen and oxygen atoms in total. The zero-order chi connectivity index (χ0) is 41.2. The molecule has 2 aromatic carbocycles. The molecule has 0 atom stereocenters. The molecule has 0 spiro atoms.